The number of halogens is 1. The molecule has 0 spiro atoms. The maximum absolute atomic E-state index is 12.8. The van der Waals surface area contributed by atoms with Crippen LogP contribution in [0.4, 0.5) is 5.69 Å². The van der Waals surface area contributed by atoms with Crippen LogP contribution in [0.2, 0.25) is 0 Å². The third-order valence-corrected chi connectivity index (χ3v) is 7.40. The monoisotopic (exact) mass is 549 g/mol. The number of nitrogens with one attached hydrogen (secondary N) is 2. The number of hydrogen-bond donors (Lipinski definition) is 2. The van der Waals surface area contributed by atoms with Gasteiger partial charge in [-0.1, -0.05) is 25.1 Å². The lowest BCUT2D eigenvalue weighted by atomic mass is 10.2. The van der Waals surface area contributed by atoms with E-state index in [-0.39, 0.29) is 29.7 Å². The zero-order chi connectivity index (χ0) is 20.0. The first-order valence-corrected chi connectivity index (χ1v) is 12.0. The number of rotatable bonds is 8. The smallest absolute Gasteiger partial charge is 0.236 e. The number of nitrogens with zero attached hydrogens (tertiary/aromatic N) is 3. The van der Waals surface area contributed by atoms with Gasteiger partial charge in [-0.15, -0.1) is 35.3 Å². The Morgan fingerprint density at radius 2 is 2.07 bits per heavy atom. The van der Waals surface area contributed by atoms with Gasteiger partial charge in [0.25, 0.3) is 0 Å². The number of fused-ring (bicyclic) bond motifs is 1. The van der Waals surface area contributed by atoms with Crippen molar-refractivity contribution in [3.05, 3.63) is 45.9 Å². The predicted molar refractivity (Wildman–Crippen MR) is 131 cm³/mol. The SMILES string of the molecule is CCNC(=NCc1ncc(CC)s1)NCCS(=O)(=O)N1CCc2ccccc21.I. The highest BCUT2D eigenvalue weighted by Gasteiger charge is 2.28. The molecule has 10 heteroatoms. The topological polar surface area (TPSA) is 86.7 Å². The van der Waals surface area contributed by atoms with Crippen LogP contribution >= 0.6 is 35.3 Å². The number of guanidine groups is 1. The van der Waals surface area contributed by atoms with Crippen LogP contribution in [0, 0.1) is 0 Å². The molecular weight excluding hydrogens is 521 g/mol. The quantitative estimate of drug-likeness (QED) is 0.301. The van der Waals surface area contributed by atoms with Crippen LogP contribution in [0.25, 0.3) is 0 Å². The van der Waals surface area contributed by atoms with Crippen LogP contribution in [0.15, 0.2) is 35.5 Å². The number of aliphatic imine (C=N–C) groups is 1. The number of benzene rings is 1. The van der Waals surface area contributed by atoms with Crippen LogP contribution in [-0.4, -0.2) is 44.7 Å². The van der Waals surface area contributed by atoms with Gasteiger partial charge in [0.15, 0.2) is 5.96 Å². The van der Waals surface area contributed by atoms with Crippen LogP contribution in [0.5, 0.6) is 0 Å². The third-order valence-electron chi connectivity index (χ3n) is 4.50. The Labute approximate surface area is 194 Å². The van der Waals surface area contributed by atoms with Gasteiger partial charge in [-0.2, -0.15) is 0 Å². The standard InChI is InChI=1S/C19H27N5O2S2.HI/c1-3-16-13-22-18(27-16)14-23-19(20-4-2)21-10-12-28(25,26)24-11-9-15-7-5-6-8-17(15)24;/h5-8,13H,3-4,9-12,14H2,1-2H3,(H2,20,21,23);1H. The van der Waals surface area contributed by atoms with Gasteiger partial charge >= 0.3 is 0 Å². The normalized spacial score (nSPS) is 13.7. The zero-order valence-corrected chi connectivity index (χ0v) is 20.7. The molecule has 1 aliphatic rings. The van der Waals surface area contributed by atoms with Gasteiger partial charge in [-0.05, 0) is 31.4 Å². The first kappa shape index (κ1) is 23.9. The van der Waals surface area contributed by atoms with Crippen molar-refractivity contribution < 1.29 is 8.42 Å². The number of aromatic nitrogens is 1. The summed E-state index contributed by atoms with van der Waals surface area (Å²) in [6, 6.07) is 7.68. The molecule has 0 bridgehead atoms. The van der Waals surface area contributed by atoms with Crippen LogP contribution in [0.1, 0.15) is 29.3 Å². The molecule has 2 N–H and O–H groups in total. The van der Waals surface area contributed by atoms with E-state index in [1.165, 1.54) is 9.18 Å². The summed E-state index contributed by atoms with van der Waals surface area (Å²) in [6.45, 7) is 6.08. The van der Waals surface area contributed by atoms with E-state index < -0.39 is 10.0 Å². The van der Waals surface area contributed by atoms with Gasteiger partial charge in [-0.25, -0.2) is 18.4 Å². The van der Waals surface area contributed by atoms with Crippen molar-refractivity contribution in [2.75, 3.05) is 29.7 Å². The summed E-state index contributed by atoms with van der Waals surface area (Å²) in [4.78, 5) is 10.1. The minimum absolute atomic E-state index is 0. The van der Waals surface area contributed by atoms with Gasteiger partial charge in [0.2, 0.25) is 10.0 Å². The molecule has 29 heavy (non-hydrogen) atoms. The second-order valence-electron chi connectivity index (χ2n) is 6.46. The lowest BCUT2D eigenvalue weighted by molar-refractivity contribution is 0.591. The fraction of sp³-hybridized carbons (Fsp3) is 0.474. The maximum Gasteiger partial charge on any atom is 0.236 e. The molecule has 0 radical (unpaired) electrons. The van der Waals surface area contributed by atoms with Gasteiger partial charge < -0.3 is 10.6 Å². The van der Waals surface area contributed by atoms with E-state index in [1.807, 2.05) is 37.4 Å². The van der Waals surface area contributed by atoms with E-state index in [0.29, 0.717) is 32.1 Å². The van der Waals surface area contributed by atoms with Gasteiger partial charge in [-0.3, -0.25) is 4.31 Å². The second kappa shape index (κ2) is 11.1. The van der Waals surface area contributed by atoms with Crippen molar-refractivity contribution in [1.29, 1.82) is 0 Å². The molecule has 0 amide bonds. The fourth-order valence-corrected chi connectivity index (χ4v) is 5.29. The Kier molecular flexibility index (Phi) is 9.15. The van der Waals surface area contributed by atoms with Crippen molar-refractivity contribution >= 4 is 57.0 Å². The molecule has 0 unspecified atom stereocenters. The average molecular weight is 550 g/mol. The van der Waals surface area contributed by atoms with E-state index in [9.17, 15) is 8.42 Å². The summed E-state index contributed by atoms with van der Waals surface area (Å²) in [6.07, 6.45) is 3.62. The number of anilines is 1. The molecule has 2 aromatic rings. The van der Waals surface area contributed by atoms with Crippen molar-refractivity contribution in [3.63, 3.8) is 0 Å². The summed E-state index contributed by atoms with van der Waals surface area (Å²) >= 11 is 1.66. The summed E-state index contributed by atoms with van der Waals surface area (Å²) in [5, 5.41) is 7.23. The Morgan fingerprint density at radius 3 is 2.79 bits per heavy atom. The first-order chi connectivity index (χ1) is 13.5. The Bertz CT molecular complexity index is 930. The molecule has 7 nitrogen and oxygen atoms in total. The molecule has 0 atom stereocenters. The third kappa shape index (κ3) is 6.29. The molecule has 0 saturated heterocycles. The van der Waals surface area contributed by atoms with E-state index in [4.69, 9.17) is 0 Å². The Hall–Kier alpha value is -1.40. The summed E-state index contributed by atoms with van der Waals surface area (Å²) in [5.41, 5.74) is 1.89. The average Bonchev–Trinajstić information content (AvgIpc) is 3.33. The molecule has 0 saturated carbocycles. The minimum atomic E-state index is -3.37. The maximum atomic E-state index is 12.8. The molecule has 0 aliphatic carbocycles. The minimum Gasteiger partial charge on any atom is -0.357 e. The molecular formula is C19H28IN5O2S2. The second-order valence-corrected chi connectivity index (χ2v) is 9.68. The Morgan fingerprint density at radius 1 is 1.28 bits per heavy atom. The molecule has 3 rings (SSSR count). The van der Waals surface area contributed by atoms with Gasteiger partial charge in [0.05, 0.1) is 18.0 Å². The summed E-state index contributed by atoms with van der Waals surface area (Å²) in [5.74, 6) is 0.621. The van der Waals surface area contributed by atoms with E-state index in [1.54, 1.807) is 11.3 Å². The highest BCUT2D eigenvalue weighted by Crippen LogP contribution is 2.29. The summed E-state index contributed by atoms with van der Waals surface area (Å²) < 4.78 is 27.1. The zero-order valence-electron chi connectivity index (χ0n) is 16.7. The number of para-hydroxylation sites is 1. The molecule has 1 aromatic heterocycles. The van der Waals surface area contributed by atoms with Crippen molar-refractivity contribution in [3.8, 4) is 0 Å². The number of sulfonamides is 1. The van der Waals surface area contributed by atoms with Crippen LogP contribution in [-0.2, 0) is 29.4 Å². The molecule has 2 heterocycles. The van der Waals surface area contributed by atoms with E-state index in [0.717, 1.165) is 29.1 Å². The largest absolute Gasteiger partial charge is 0.357 e. The van der Waals surface area contributed by atoms with Crippen LogP contribution in [0.3, 0.4) is 0 Å². The molecule has 1 aliphatic heterocycles. The van der Waals surface area contributed by atoms with Gasteiger partial charge in [0, 0.05) is 30.7 Å². The number of aryl methyl sites for hydroxylation is 1. The van der Waals surface area contributed by atoms with Crippen molar-refractivity contribution in [2.24, 2.45) is 4.99 Å². The molecule has 1 aromatic carbocycles. The highest BCUT2D eigenvalue weighted by atomic mass is 127. The fourth-order valence-electron chi connectivity index (χ4n) is 3.08. The highest BCUT2D eigenvalue weighted by molar-refractivity contribution is 14.0. The summed E-state index contributed by atoms with van der Waals surface area (Å²) in [7, 11) is -3.37. The van der Waals surface area contributed by atoms with Crippen molar-refractivity contribution in [2.45, 2.75) is 33.2 Å². The lowest BCUT2D eigenvalue weighted by Crippen LogP contribution is -2.42. The van der Waals surface area contributed by atoms with Crippen LogP contribution < -0.4 is 14.9 Å². The molecule has 160 valence electrons. The van der Waals surface area contributed by atoms with Gasteiger partial charge in [0.1, 0.15) is 5.01 Å². The van der Waals surface area contributed by atoms with E-state index in [2.05, 4.69) is 27.5 Å². The first-order valence-electron chi connectivity index (χ1n) is 9.57. The Balaban J connectivity index is 0.00000300. The molecule has 0 fully saturated rings. The number of thiazole rings is 1. The lowest BCUT2D eigenvalue weighted by Gasteiger charge is -2.20. The predicted octanol–water partition coefficient (Wildman–Crippen LogP) is 2.77. The van der Waals surface area contributed by atoms with Crippen molar-refractivity contribution in [1.82, 2.24) is 15.6 Å². The van der Waals surface area contributed by atoms with E-state index >= 15 is 0 Å². The number of hydrogen-bond acceptors (Lipinski definition) is 5.